The van der Waals surface area contributed by atoms with Crippen LogP contribution in [0.1, 0.15) is 44.0 Å². The zero-order chi connectivity index (χ0) is 20.4. The van der Waals surface area contributed by atoms with E-state index in [1.54, 1.807) is 4.57 Å². The molecule has 4 aromatic rings. The Balaban J connectivity index is 1.76. The molecule has 6 nitrogen and oxygen atoms in total. The third kappa shape index (κ3) is 3.96. The monoisotopic (exact) mass is 406 g/mol. The number of benzene rings is 2. The van der Waals surface area contributed by atoms with Crippen molar-refractivity contribution in [2.45, 2.75) is 44.0 Å². The summed E-state index contributed by atoms with van der Waals surface area (Å²) in [7, 11) is 0. The molecule has 0 amide bonds. The van der Waals surface area contributed by atoms with Gasteiger partial charge < -0.3 is 4.42 Å². The molecule has 0 spiro atoms. The van der Waals surface area contributed by atoms with Gasteiger partial charge in [0.25, 0.3) is 5.56 Å². The molecule has 0 radical (unpaired) electrons. The Morgan fingerprint density at radius 3 is 2.52 bits per heavy atom. The Kier molecular flexibility index (Phi) is 5.49. The van der Waals surface area contributed by atoms with E-state index >= 15 is 0 Å². The third-order valence-corrected chi connectivity index (χ3v) is 5.57. The molecular formula is C22H22N4O2S. The maximum Gasteiger partial charge on any atom is 0.266 e. The second-order valence-electron chi connectivity index (χ2n) is 7.05. The van der Waals surface area contributed by atoms with Gasteiger partial charge in [0.05, 0.1) is 22.3 Å². The van der Waals surface area contributed by atoms with E-state index in [2.05, 4.69) is 17.1 Å². The van der Waals surface area contributed by atoms with Crippen molar-refractivity contribution in [3.63, 3.8) is 0 Å². The number of hydrogen-bond donors (Lipinski definition) is 0. The highest BCUT2D eigenvalue weighted by atomic mass is 32.2. The normalized spacial score (nSPS) is 11.4. The van der Waals surface area contributed by atoms with Crippen LogP contribution in [0.25, 0.3) is 16.6 Å². The molecule has 7 heteroatoms. The number of para-hydroxylation sites is 1. The summed E-state index contributed by atoms with van der Waals surface area (Å²) in [5.74, 6) is 1.75. The van der Waals surface area contributed by atoms with Crippen molar-refractivity contribution in [3.05, 3.63) is 76.2 Å². The van der Waals surface area contributed by atoms with Gasteiger partial charge in [-0.25, -0.2) is 4.98 Å². The SMILES string of the molecule is CCc1ccc(-n2c(SCc3nnc(C(C)C)o3)nc3ccccc3c2=O)cc1. The zero-order valence-electron chi connectivity index (χ0n) is 16.6. The first-order valence-corrected chi connectivity index (χ1v) is 10.6. The van der Waals surface area contributed by atoms with E-state index in [1.807, 2.05) is 62.4 Å². The molecule has 0 saturated heterocycles. The standard InChI is InChI=1S/C22H22N4O2S/c1-4-15-9-11-16(12-10-15)26-21(27)17-7-5-6-8-18(17)23-22(26)29-13-19-24-25-20(28-19)14(2)3/h5-12,14H,4,13H2,1-3H3. The van der Waals surface area contributed by atoms with E-state index in [0.29, 0.717) is 33.6 Å². The Morgan fingerprint density at radius 1 is 1.07 bits per heavy atom. The van der Waals surface area contributed by atoms with Crippen LogP contribution in [0, 0.1) is 0 Å². The number of hydrogen-bond acceptors (Lipinski definition) is 6. The highest BCUT2D eigenvalue weighted by Crippen LogP contribution is 2.25. The molecule has 0 N–H and O–H groups in total. The van der Waals surface area contributed by atoms with Crippen LogP contribution in [0.15, 0.2) is 62.9 Å². The van der Waals surface area contributed by atoms with Crippen LogP contribution >= 0.6 is 11.8 Å². The van der Waals surface area contributed by atoms with Crippen LogP contribution in [0.3, 0.4) is 0 Å². The molecule has 0 unspecified atom stereocenters. The maximum absolute atomic E-state index is 13.3. The van der Waals surface area contributed by atoms with Crippen LogP contribution in [-0.2, 0) is 12.2 Å². The van der Waals surface area contributed by atoms with E-state index in [-0.39, 0.29) is 11.5 Å². The fourth-order valence-electron chi connectivity index (χ4n) is 3.00. The molecule has 0 bridgehead atoms. The first-order chi connectivity index (χ1) is 14.1. The van der Waals surface area contributed by atoms with Crippen molar-refractivity contribution in [1.29, 1.82) is 0 Å². The molecule has 0 aliphatic rings. The largest absolute Gasteiger partial charge is 0.424 e. The minimum Gasteiger partial charge on any atom is -0.424 e. The molecule has 0 aliphatic carbocycles. The Bertz CT molecular complexity index is 1200. The number of fused-ring (bicyclic) bond motifs is 1. The molecule has 2 aromatic heterocycles. The Labute approximate surface area is 173 Å². The molecule has 2 aromatic carbocycles. The van der Waals surface area contributed by atoms with Gasteiger partial charge in [-0.3, -0.25) is 9.36 Å². The number of rotatable bonds is 6. The van der Waals surface area contributed by atoms with Crippen LogP contribution in [0.4, 0.5) is 0 Å². The van der Waals surface area contributed by atoms with Crippen molar-refractivity contribution in [2.24, 2.45) is 0 Å². The molecular weight excluding hydrogens is 384 g/mol. The van der Waals surface area contributed by atoms with Gasteiger partial charge in [0.1, 0.15) is 0 Å². The Hall–Kier alpha value is -2.93. The van der Waals surface area contributed by atoms with E-state index in [1.165, 1.54) is 17.3 Å². The minimum atomic E-state index is -0.0873. The van der Waals surface area contributed by atoms with Crippen molar-refractivity contribution >= 4 is 22.7 Å². The number of aromatic nitrogens is 4. The average molecular weight is 407 g/mol. The van der Waals surface area contributed by atoms with E-state index < -0.39 is 0 Å². The van der Waals surface area contributed by atoms with Crippen LogP contribution in [-0.4, -0.2) is 19.7 Å². The quantitative estimate of drug-likeness (QED) is 0.340. The second kappa shape index (κ2) is 8.21. The van der Waals surface area contributed by atoms with Crippen LogP contribution in [0.5, 0.6) is 0 Å². The highest BCUT2D eigenvalue weighted by molar-refractivity contribution is 7.98. The molecule has 0 aliphatic heterocycles. The number of thioether (sulfide) groups is 1. The lowest BCUT2D eigenvalue weighted by molar-refractivity contribution is 0.445. The lowest BCUT2D eigenvalue weighted by Gasteiger charge is -2.13. The number of aryl methyl sites for hydroxylation is 1. The predicted octanol–water partition coefficient (Wildman–Crippen LogP) is 4.75. The molecule has 0 fully saturated rings. The van der Waals surface area contributed by atoms with Crippen molar-refractivity contribution < 1.29 is 4.42 Å². The van der Waals surface area contributed by atoms with Gasteiger partial charge in [-0.2, -0.15) is 0 Å². The minimum absolute atomic E-state index is 0.0873. The molecule has 0 atom stereocenters. The molecule has 2 heterocycles. The summed E-state index contributed by atoms with van der Waals surface area (Å²) in [6, 6.07) is 15.4. The second-order valence-corrected chi connectivity index (χ2v) is 7.99. The summed E-state index contributed by atoms with van der Waals surface area (Å²) in [6.45, 7) is 6.12. The summed E-state index contributed by atoms with van der Waals surface area (Å²) in [5, 5.41) is 9.38. The summed E-state index contributed by atoms with van der Waals surface area (Å²) in [5.41, 5.74) is 2.60. The Morgan fingerprint density at radius 2 is 1.83 bits per heavy atom. The third-order valence-electron chi connectivity index (χ3n) is 4.65. The highest BCUT2D eigenvalue weighted by Gasteiger charge is 2.16. The zero-order valence-corrected chi connectivity index (χ0v) is 17.4. The fraction of sp³-hybridized carbons (Fsp3) is 0.273. The van der Waals surface area contributed by atoms with E-state index in [0.717, 1.165) is 12.1 Å². The molecule has 29 heavy (non-hydrogen) atoms. The topological polar surface area (TPSA) is 73.8 Å². The van der Waals surface area contributed by atoms with Gasteiger partial charge in [-0.15, -0.1) is 10.2 Å². The van der Waals surface area contributed by atoms with E-state index in [9.17, 15) is 4.79 Å². The van der Waals surface area contributed by atoms with Gasteiger partial charge in [-0.1, -0.05) is 56.8 Å². The average Bonchev–Trinajstić information content (AvgIpc) is 3.22. The van der Waals surface area contributed by atoms with Gasteiger partial charge >= 0.3 is 0 Å². The molecule has 148 valence electrons. The number of nitrogens with zero attached hydrogens (tertiary/aromatic N) is 4. The summed E-state index contributed by atoms with van der Waals surface area (Å²) in [4.78, 5) is 18.0. The molecule has 4 rings (SSSR count). The van der Waals surface area contributed by atoms with Gasteiger partial charge in [0.15, 0.2) is 5.16 Å². The summed E-state index contributed by atoms with van der Waals surface area (Å²) in [6.07, 6.45) is 0.947. The van der Waals surface area contributed by atoms with Crippen molar-refractivity contribution in [2.75, 3.05) is 0 Å². The van der Waals surface area contributed by atoms with Crippen molar-refractivity contribution in [3.8, 4) is 5.69 Å². The smallest absolute Gasteiger partial charge is 0.266 e. The van der Waals surface area contributed by atoms with E-state index in [4.69, 9.17) is 9.40 Å². The van der Waals surface area contributed by atoms with Gasteiger partial charge in [0.2, 0.25) is 11.8 Å². The summed E-state index contributed by atoms with van der Waals surface area (Å²) < 4.78 is 7.36. The lowest BCUT2D eigenvalue weighted by atomic mass is 10.1. The first kappa shape index (κ1) is 19.4. The van der Waals surface area contributed by atoms with Crippen molar-refractivity contribution in [1.82, 2.24) is 19.7 Å². The maximum atomic E-state index is 13.3. The molecule has 0 saturated carbocycles. The lowest BCUT2D eigenvalue weighted by Crippen LogP contribution is -2.21. The first-order valence-electron chi connectivity index (χ1n) is 9.63. The van der Waals surface area contributed by atoms with Gasteiger partial charge in [0, 0.05) is 5.92 Å². The van der Waals surface area contributed by atoms with Crippen LogP contribution in [0.2, 0.25) is 0 Å². The predicted molar refractivity (Wildman–Crippen MR) is 115 cm³/mol. The fourth-order valence-corrected chi connectivity index (χ4v) is 3.85. The van der Waals surface area contributed by atoms with Crippen LogP contribution < -0.4 is 5.56 Å². The van der Waals surface area contributed by atoms with Gasteiger partial charge in [-0.05, 0) is 36.2 Å². The summed E-state index contributed by atoms with van der Waals surface area (Å²) >= 11 is 1.41.